The number of furan rings is 1. The van der Waals surface area contributed by atoms with E-state index in [1.165, 1.54) is 25.5 Å². The number of nitrogens with one attached hydrogen (secondary N) is 1. The van der Waals surface area contributed by atoms with E-state index in [-0.39, 0.29) is 5.56 Å². The van der Waals surface area contributed by atoms with Crippen molar-refractivity contribution in [2.45, 2.75) is 45.2 Å². The predicted molar refractivity (Wildman–Crippen MR) is 63.9 cm³/mol. The maximum Gasteiger partial charge on any atom is 0.338 e. The molecule has 1 aliphatic rings. The first-order chi connectivity index (χ1) is 8.19. The highest BCUT2D eigenvalue weighted by Crippen LogP contribution is 2.34. The number of aromatic carboxylic acids is 1. The molecule has 2 N–H and O–H groups in total. The van der Waals surface area contributed by atoms with Gasteiger partial charge in [0.25, 0.3) is 0 Å². The van der Waals surface area contributed by atoms with Gasteiger partial charge in [0.2, 0.25) is 0 Å². The van der Waals surface area contributed by atoms with Crippen molar-refractivity contribution in [3.05, 3.63) is 23.7 Å². The predicted octanol–water partition coefficient (Wildman–Crippen LogP) is 2.65. The summed E-state index contributed by atoms with van der Waals surface area (Å²) in [4.78, 5) is 10.7. The minimum absolute atomic E-state index is 0.219. The molecular formula is C13H19NO3. The zero-order chi connectivity index (χ0) is 12.3. The van der Waals surface area contributed by atoms with Crippen molar-refractivity contribution in [2.75, 3.05) is 0 Å². The van der Waals surface area contributed by atoms with Crippen LogP contribution in [-0.4, -0.2) is 17.1 Å². The SMILES string of the molecule is CCC(CC1CC1)NCc1cc(C(=O)O)co1. The van der Waals surface area contributed by atoms with E-state index in [0.717, 1.165) is 12.3 Å². The van der Waals surface area contributed by atoms with Crippen LogP contribution in [0.3, 0.4) is 0 Å². The summed E-state index contributed by atoms with van der Waals surface area (Å²) >= 11 is 0. The molecule has 0 bridgehead atoms. The van der Waals surface area contributed by atoms with E-state index in [1.807, 2.05) is 0 Å². The monoisotopic (exact) mass is 237 g/mol. The van der Waals surface area contributed by atoms with Gasteiger partial charge < -0.3 is 14.8 Å². The van der Waals surface area contributed by atoms with Gasteiger partial charge in [0, 0.05) is 6.04 Å². The van der Waals surface area contributed by atoms with E-state index in [1.54, 1.807) is 6.07 Å². The van der Waals surface area contributed by atoms with E-state index >= 15 is 0 Å². The van der Waals surface area contributed by atoms with Crippen LogP contribution in [0.15, 0.2) is 16.7 Å². The highest BCUT2D eigenvalue weighted by atomic mass is 16.4. The molecule has 1 aromatic heterocycles. The topological polar surface area (TPSA) is 62.5 Å². The normalized spacial score (nSPS) is 17.0. The van der Waals surface area contributed by atoms with E-state index in [2.05, 4.69) is 12.2 Å². The molecule has 1 unspecified atom stereocenters. The fourth-order valence-electron chi connectivity index (χ4n) is 1.98. The fourth-order valence-corrected chi connectivity index (χ4v) is 1.98. The van der Waals surface area contributed by atoms with E-state index in [0.29, 0.717) is 18.3 Å². The van der Waals surface area contributed by atoms with Crippen molar-refractivity contribution < 1.29 is 14.3 Å². The number of hydrogen-bond donors (Lipinski definition) is 2. The Hall–Kier alpha value is -1.29. The van der Waals surface area contributed by atoms with Crippen molar-refractivity contribution in [1.29, 1.82) is 0 Å². The molecule has 0 saturated heterocycles. The molecule has 1 aromatic rings. The number of carboxylic acid groups (broad SMARTS) is 1. The average Bonchev–Trinajstić information content (AvgIpc) is 2.99. The van der Waals surface area contributed by atoms with Crippen LogP contribution in [0.2, 0.25) is 0 Å². The summed E-state index contributed by atoms with van der Waals surface area (Å²) < 4.78 is 5.20. The second-order valence-electron chi connectivity index (χ2n) is 4.77. The zero-order valence-electron chi connectivity index (χ0n) is 10.1. The minimum Gasteiger partial charge on any atom is -0.478 e. The van der Waals surface area contributed by atoms with Crippen molar-refractivity contribution in [1.82, 2.24) is 5.32 Å². The Bertz CT molecular complexity index is 382. The van der Waals surface area contributed by atoms with Gasteiger partial charge in [0.05, 0.1) is 12.1 Å². The van der Waals surface area contributed by atoms with Gasteiger partial charge in [-0.1, -0.05) is 19.8 Å². The van der Waals surface area contributed by atoms with Gasteiger partial charge in [-0.25, -0.2) is 4.79 Å². The third-order valence-corrected chi connectivity index (χ3v) is 3.27. The quantitative estimate of drug-likeness (QED) is 0.765. The molecule has 0 spiro atoms. The van der Waals surface area contributed by atoms with Crippen molar-refractivity contribution in [2.24, 2.45) is 5.92 Å². The second-order valence-corrected chi connectivity index (χ2v) is 4.77. The zero-order valence-corrected chi connectivity index (χ0v) is 10.1. The van der Waals surface area contributed by atoms with Crippen molar-refractivity contribution >= 4 is 5.97 Å². The van der Waals surface area contributed by atoms with Gasteiger partial charge in [-0.3, -0.25) is 0 Å². The molecule has 1 aliphatic carbocycles. The van der Waals surface area contributed by atoms with Crippen LogP contribution in [-0.2, 0) is 6.54 Å². The van der Waals surface area contributed by atoms with Crippen LogP contribution in [0.25, 0.3) is 0 Å². The first-order valence-electron chi connectivity index (χ1n) is 6.23. The van der Waals surface area contributed by atoms with Crippen LogP contribution in [0.1, 0.15) is 48.7 Å². The maximum absolute atomic E-state index is 10.7. The molecule has 94 valence electrons. The van der Waals surface area contributed by atoms with Gasteiger partial charge >= 0.3 is 5.97 Å². The van der Waals surface area contributed by atoms with Gasteiger partial charge in [-0.2, -0.15) is 0 Å². The largest absolute Gasteiger partial charge is 0.478 e. The Balaban J connectivity index is 1.80. The Kier molecular flexibility index (Phi) is 3.84. The summed E-state index contributed by atoms with van der Waals surface area (Å²) in [7, 11) is 0. The highest BCUT2D eigenvalue weighted by Gasteiger charge is 2.24. The lowest BCUT2D eigenvalue weighted by molar-refractivity contribution is 0.0696. The maximum atomic E-state index is 10.7. The van der Waals surface area contributed by atoms with Crippen molar-refractivity contribution in [3.63, 3.8) is 0 Å². The van der Waals surface area contributed by atoms with Crippen LogP contribution in [0.4, 0.5) is 0 Å². The molecule has 1 saturated carbocycles. The van der Waals surface area contributed by atoms with Gasteiger partial charge in [-0.05, 0) is 24.8 Å². The van der Waals surface area contributed by atoms with Crippen LogP contribution in [0.5, 0.6) is 0 Å². The Morgan fingerprint density at radius 3 is 2.94 bits per heavy atom. The summed E-state index contributed by atoms with van der Waals surface area (Å²) in [6, 6.07) is 2.10. The molecule has 1 atom stereocenters. The smallest absolute Gasteiger partial charge is 0.338 e. The Morgan fingerprint density at radius 1 is 1.65 bits per heavy atom. The van der Waals surface area contributed by atoms with E-state index in [9.17, 15) is 4.79 Å². The van der Waals surface area contributed by atoms with Gasteiger partial charge in [0.15, 0.2) is 0 Å². The fraction of sp³-hybridized carbons (Fsp3) is 0.615. The molecule has 0 radical (unpaired) electrons. The number of rotatable bonds is 7. The number of carboxylic acids is 1. The molecule has 1 fully saturated rings. The third-order valence-electron chi connectivity index (χ3n) is 3.27. The summed E-state index contributed by atoms with van der Waals surface area (Å²) in [5, 5.41) is 12.2. The molecule has 0 amide bonds. The standard InChI is InChI=1S/C13H19NO3/c1-2-11(5-9-3-4-9)14-7-12-6-10(8-17-12)13(15)16/h6,8-9,11,14H,2-5,7H2,1H3,(H,15,16). The van der Waals surface area contributed by atoms with Gasteiger partial charge in [-0.15, -0.1) is 0 Å². The minimum atomic E-state index is -0.940. The first kappa shape index (κ1) is 12.2. The molecule has 17 heavy (non-hydrogen) atoms. The summed E-state index contributed by atoms with van der Waals surface area (Å²) in [5.41, 5.74) is 0.219. The molecule has 0 aromatic carbocycles. The third kappa shape index (κ3) is 3.60. The molecular weight excluding hydrogens is 218 g/mol. The van der Waals surface area contributed by atoms with Crippen LogP contribution in [0, 0.1) is 5.92 Å². The average molecular weight is 237 g/mol. The lowest BCUT2D eigenvalue weighted by atomic mass is 10.1. The van der Waals surface area contributed by atoms with Crippen LogP contribution >= 0.6 is 0 Å². The number of hydrogen-bond acceptors (Lipinski definition) is 3. The van der Waals surface area contributed by atoms with Crippen LogP contribution < -0.4 is 5.32 Å². The molecule has 4 heteroatoms. The molecule has 4 nitrogen and oxygen atoms in total. The molecule has 0 aliphatic heterocycles. The molecule has 2 rings (SSSR count). The highest BCUT2D eigenvalue weighted by molar-refractivity contribution is 5.87. The van der Waals surface area contributed by atoms with E-state index < -0.39 is 5.97 Å². The summed E-state index contributed by atoms with van der Waals surface area (Å²) in [6.45, 7) is 2.78. The van der Waals surface area contributed by atoms with E-state index in [4.69, 9.17) is 9.52 Å². The lowest BCUT2D eigenvalue weighted by Gasteiger charge is -2.15. The summed E-state index contributed by atoms with van der Waals surface area (Å²) in [5.74, 6) is 0.653. The lowest BCUT2D eigenvalue weighted by Crippen LogP contribution is -2.28. The summed E-state index contributed by atoms with van der Waals surface area (Å²) in [6.07, 6.45) is 6.34. The Morgan fingerprint density at radius 2 is 2.41 bits per heavy atom. The molecule has 1 heterocycles. The van der Waals surface area contributed by atoms with Gasteiger partial charge in [0.1, 0.15) is 12.0 Å². The second kappa shape index (κ2) is 5.36. The first-order valence-corrected chi connectivity index (χ1v) is 6.23. The Labute approximate surface area is 101 Å². The van der Waals surface area contributed by atoms with Crippen molar-refractivity contribution in [3.8, 4) is 0 Å². The number of carbonyl (C=O) groups is 1.